The summed E-state index contributed by atoms with van der Waals surface area (Å²) in [6, 6.07) is 12.5. The fraction of sp³-hybridized carbons (Fsp3) is 0.217. The maximum absolute atomic E-state index is 14.1. The Morgan fingerprint density at radius 3 is 2.80 bits per heavy atom. The van der Waals surface area contributed by atoms with Gasteiger partial charge in [0.05, 0.1) is 12.1 Å². The molecule has 0 unspecified atom stereocenters. The lowest BCUT2D eigenvalue weighted by Crippen LogP contribution is -2.32. The number of hydrogen-bond donors (Lipinski definition) is 0. The zero-order valence-corrected chi connectivity index (χ0v) is 19.0. The van der Waals surface area contributed by atoms with Crippen LogP contribution in [0.3, 0.4) is 0 Å². The molecule has 1 aromatic heterocycles. The molecule has 0 aliphatic rings. The Morgan fingerprint density at radius 1 is 1.30 bits per heavy atom. The normalized spacial score (nSPS) is 10.6. The molecule has 0 bridgehead atoms. The van der Waals surface area contributed by atoms with Crippen LogP contribution in [0, 0.1) is 12.7 Å². The number of aromatic nitrogens is 1. The van der Waals surface area contributed by atoms with Crippen molar-refractivity contribution < 1.29 is 13.9 Å². The summed E-state index contributed by atoms with van der Waals surface area (Å²) >= 11 is 4.80. The highest BCUT2D eigenvalue weighted by molar-refractivity contribution is 9.10. The maximum Gasteiger partial charge on any atom is 0.229 e. The minimum absolute atomic E-state index is 0.134. The number of thiazole rings is 1. The quantitative estimate of drug-likeness (QED) is 0.363. The second-order valence-electron chi connectivity index (χ2n) is 6.81. The minimum Gasteiger partial charge on any atom is -0.486 e. The molecule has 3 rings (SSSR count). The van der Waals surface area contributed by atoms with Gasteiger partial charge in [-0.25, -0.2) is 9.37 Å². The van der Waals surface area contributed by atoms with E-state index in [2.05, 4.69) is 27.5 Å². The van der Waals surface area contributed by atoms with Crippen LogP contribution in [-0.2, 0) is 24.4 Å². The first-order chi connectivity index (χ1) is 14.4. The number of hydrogen-bond acceptors (Lipinski definition) is 4. The molecule has 1 amide bonds. The van der Waals surface area contributed by atoms with Crippen molar-refractivity contribution >= 4 is 33.2 Å². The van der Waals surface area contributed by atoms with E-state index in [4.69, 9.17) is 4.74 Å². The smallest absolute Gasteiger partial charge is 0.229 e. The van der Waals surface area contributed by atoms with E-state index in [9.17, 15) is 9.18 Å². The number of rotatable bonds is 9. The fourth-order valence-electron chi connectivity index (χ4n) is 2.82. The monoisotopic (exact) mass is 488 g/mol. The Morgan fingerprint density at radius 2 is 2.07 bits per heavy atom. The third-order valence-electron chi connectivity index (χ3n) is 4.39. The molecule has 0 aliphatic heterocycles. The van der Waals surface area contributed by atoms with Crippen LogP contribution in [0.4, 0.5) is 4.39 Å². The van der Waals surface area contributed by atoms with Gasteiger partial charge in [0.15, 0.2) is 0 Å². The first-order valence-corrected chi connectivity index (χ1v) is 11.1. The van der Waals surface area contributed by atoms with Crippen LogP contribution >= 0.6 is 27.3 Å². The fourth-order valence-corrected chi connectivity index (χ4v) is 3.94. The zero-order chi connectivity index (χ0) is 21.5. The van der Waals surface area contributed by atoms with Gasteiger partial charge < -0.3 is 9.64 Å². The highest BCUT2D eigenvalue weighted by Gasteiger charge is 2.17. The molecular weight excluding hydrogens is 467 g/mol. The van der Waals surface area contributed by atoms with Crippen molar-refractivity contribution in [1.29, 1.82) is 0 Å². The van der Waals surface area contributed by atoms with E-state index >= 15 is 0 Å². The van der Waals surface area contributed by atoms with Crippen LogP contribution in [0.15, 0.2) is 65.0 Å². The van der Waals surface area contributed by atoms with Crippen LogP contribution in [0.1, 0.15) is 21.8 Å². The van der Waals surface area contributed by atoms with E-state index in [1.165, 1.54) is 23.0 Å². The van der Waals surface area contributed by atoms with Gasteiger partial charge in [-0.2, -0.15) is 0 Å². The van der Waals surface area contributed by atoms with Crippen LogP contribution < -0.4 is 4.74 Å². The molecule has 0 saturated heterocycles. The van der Waals surface area contributed by atoms with Crippen molar-refractivity contribution in [2.75, 3.05) is 6.54 Å². The Labute approximate surface area is 188 Å². The number of nitrogens with zero attached hydrogens (tertiary/aromatic N) is 2. The lowest BCUT2D eigenvalue weighted by Gasteiger charge is -2.21. The second kappa shape index (κ2) is 10.5. The number of benzene rings is 2. The van der Waals surface area contributed by atoms with Crippen molar-refractivity contribution in [2.45, 2.75) is 26.5 Å². The summed E-state index contributed by atoms with van der Waals surface area (Å²) in [4.78, 5) is 18.9. The SMILES string of the molecule is C=CCN(Cc1cc(Br)ccc1F)C(=O)Cc1csc(COc2ccc(C)cc2)n1. The predicted octanol–water partition coefficient (Wildman–Crippen LogP) is 5.69. The lowest BCUT2D eigenvalue weighted by atomic mass is 10.2. The largest absolute Gasteiger partial charge is 0.486 e. The summed E-state index contributed by atoms with van der Waals surface area (Å²) in [6.45, 7) is 6.58. The number of carbonyl (C=O) groups excluding carboxylic acids is 1. The highest BCUT2D eigenvalue weighted by Crippen LogP contribution is 2.19. The molecule has 0 spiro atoms. The van der Waals surface area contributed by atoms with E-state index in [1.807, 2.05) is 36.6 Å². The van der Waals surface area contributed by atoms with Gasteiger partial charge in [0.2, 0.25) is 5.91 Å². The van der Waals surface area contributed by atoms with E-state index in [1.54, 1.807) is 23.1 Å². The zero-order valence-electron chi connectivity index (χ0n) is 16.6. The number of amides is 1. The van der Waals surface area contributed by atoms with E-state index < -0.39 is 0 Å². The second-order valence-corrected chi connectivity index (χ2v) is 8.67. The highest BCUT2D eigenvalue weighted by atomic mass is 79.9. The van der Waals surface area contributed by atoms with E-state index in [0.29, 0.717) is 24.4 Å². The first-order valence-electron chi connectivity index (χ1n) is 9.40. The summed E-state index contributed by atoms with van der Waals surface area (Å²) in [5, 5.41) is 2.66. The Kier molecular flexibility index (Phi) is 7.76. The molecule has 0 fully saturated rings. The first kappa shape index (κ1) is 22.2. The molecule has 0 saturated carbocycles. The number of ether oxygens (including phenoxy) is 1. The topological polar surface area (TPSA) is 42.4 Å². The summed E-state index contributed by atoms with van der Waals surface area (Å²) in [6.07, 6.45) is 1.78. The third kappa shape index (κ3) is 6.24. The van der Waals surface area contributed by atoms with Crippen LogP contribution in [0.25, 0.3) is 0 Å². The summed E-state index contributed by atoms with van der Waals surface area (Å²) in [7, 11) is 0. The standard InChI is InChI=1S/C23H22BrFN2O2S/c1-3-10-27(13-17-11-18(24)6-9-21(17)25)23(28)12-19-15-30-22(26-19)14-29-20-7-4-16(2)5-8-20/h3-9,11,15H,1,10,12-14H2,2H3. The maximum atomic E-state index is 14.1. The predicted molar refractivity (Wildman–Crippen MR) is 121 cm³/mol. The summed E-state index contributed by atoms with van der Waals surface area (Å²) < 4.78 is 20.6. The van der Waals surface area contributed by atoms with Gasteiger partial charge in [-0.05, 0) is 37.3 Å². The number of halogens is 2. The van der Waals surface area contributed by atoms with Crippen molar-refractivity contribution in [3.63, 3.8) is 0 Å². The number of carbonyl (C=O) groups is 1. The summed E-state index contributed by atoms with van der Waals surface area (Å²) in [5.74, 6) is 0.302. The number of aryl methyl sites for hydroxylation is 1. The van der Waals surface area contributed by atoms with Gasteiger partial charge in [-0.15, -0.1) is 17.9 Å². The van der Waals surface area contributed by atoms with E-state index in [0.717, 1.165) is 15.2 Å². The molecule has 0 atom stereocenters. The molecule has 156 valence electrons. The Bertz CT molecular complexity index is 1020. The Hall–Kier alpha value is -2.51. The van der Waals surface area contributed by atoms with Gasteiger partial charge in [0.25, 0.3) is 0 Å². The van der Waals surface area contributed by atoms with Crippen molar-refractivity contribution in [2.24, 2.45) is 0 Å². The molecule has 1 heterocycles. The van der Waals surface area contributed by atoms with E-state index in [-0.39, 0.29) is 24.7 Å². The van der Waals surface area contributed by atoms with Crippen LogP contribution in [-0.4, -0.2) is 22.3 Å². The third-order valence-corrected chi connectivity index (χ3v) is 5.75. The minimum atomic E-state index is -0.343. The molecule has 3 aromatic rings. The molecule has 7 heteroatoms. The molecule has 30 heavy (non-hydrogen) atoms. The van der Waals surface area contributed by atoms with Gasteiger partial charge >= 0.3 is 0 Å². The molecule has 0 N–H and O–H groups in total. The molecule has 0 aliphatic carbocycles. The molecule has 0 radical (unpaired) electrons. The molecule has 2 aromatic carbocycles. The van der Waals surface area contributed by atoms with Crippen molar-refractivity contribution in [3.8, 4) is 5.75 Å². The van der Waals surface area contributed by atoms with Crippen LogP contribution in [0.2, 0.25) is 0 Å². The van der Waals surface area contributed by atoms with Gasteiger partial charge in [-0.3, -0.25) is 4.79 Å². The molecule has 4 nitrogen and oxygen atoms in total. The van der Waals surface area contributed by atoms with Crippen molar-refractivity contribution in [1.82, 2.24) is 9.88 Å². The average molecular weight is 489 g/mol. The van der Waals surface area contributed by atoms with Gasteiger partial charge in [-0.1, -0.05) is 39.7 Å². The van der Waals surface area contributed by atoms with Gasteiger partial charge in [0, 0.05) is 28.5 Å². The lowest BCUT2D eigenvalue weighted by molar-refractivity contribution is -0.130. The van der Waals surface area contributed by atoms with Crippen molar-refractivity contribution in [3.05, 3.63) is 92.6 Å². The van der Waals surface area contributed by atoms with Crippen LogP contribution in [0.5, 0.6) is 5.75 Å². The Balaban J connectivity index is 1.61. The summed E-state index contributed by atoms with van der Waals surface area (Å²) in [5.41, 5.74) is 2.30. The molecular formula is C23H22BrFN2O2S. The average Bonchev–Trinajstić information content (AvgIpc) is 3.17. The van der Waals surface area contributed by atoms with Gasteiger partial charge in [0.1, 0.15) is 23.2 Å².